The fraction of sp³-hybridized carbons (Fsp3) is 0.588. The van der Waals surface area contributed by atoms with Crippen LogP contribution in [-0.4, -0.2) is 30.4 Å². The summed E-state index contributed by atoms with van der Waals surface area (Å²) in [6, 6.07) is 7.92. The van der Waals surface area contributed by atoms with Crippen molar-refractivity contribution in [3.8, 4) is 0 Å². The second kappa shape index (κ2) is 7.28. The zero-order chi connectivity index (χ0) is 15.4. The van der Waals surface area contributed by atoms with Gasteiger partial charge in [0, 0.05) is 31.1 Å². The van der Waals surface area contributed by atoms with Crippen LogP contribution in [0.3, 0.4) is 0 Å². The van der Waals surface area contributed by atoms with E-state index in [4.69, 9.17) is 11.6 Å². The largest absolute Gasteiger partial charge is 0.333 e. The van der Waals surface area contributed by atoms with Crippen LogP contribution in [0.5, 0.6) is 0 Å². The van der Waals surface area contributed by atoms with Gasteiger partial charge >= 0.3 is 0 Å². The standard InChI is InChI=1S/C17H25ClN2O/c1-12(2)13(3)9-17(21)20-8-7-19-11-16(20)14-5-4-6-15(18)10-14/h4-6,10,12-13,16,19H,7-9,11H2,1-3H3. The molecule has 116 valence electrons. The van der Waals surface area contributed by atoms with Crippen LogP contribution in [0.1, 0.15) is 38.8 Å². The third-order valence-electron chi connectivity index (χ3n) is 4.43. The van der Waals surface area contributed by atoms with E-state index in [1.165, 1.54) is 0 Å². The fourth-order valence-corrected chi connectivity index (χ4v) is 2.84. The molecule has 3 nitrogen and oxygen atoms in total. The van der Waals surface area contributed by atoms with Gasteiger partial charge in [0.15, 0.2) is 0 Å². The normalized spacial score (nSPS) is 20.6. The van der Waals surface area contributed by atoms with E-state index < -0.39 is 0 Å². The molecule has 1 aliphatic rings. The summed E-state index contributed by atoms with van der Waals surface area (Å²) >= 11 is 6.09. The Morgan fingerprint density at radius 3 is 2.86 bits per heavy atom. The van der Waals surface area contributed by atoms with Crippen molar-refractivity contribution >= 4 is 17.5 Å². The molecule has 0 spiro atoms. The van der Waals surface area contributed by atoms with Gasteiger partial charge in [-0.1, -0.05) is 44.5 Å². The van der Waals surface area contributed by atoms with Gasteiger partial charge < -0.3 is 10.2 Å². The average Bonchev–Trinajstić information content (AvgIpc) is 2.47. The lowest BCUT2D eigenvalue weighted by Gasteiger charge is -2.37. The van der Waals surface area contributed by atoms with Crippen LogP contribution in [0.2, 0.25) is 5.02 Å². The number of nitrogens with one attached hydrogen (secondary N) is 1. The predicted molar refractivity (Wildman–Crippen MR) is 87.4 cm³/mol. The van der Waals surface area contributed by atoms with Crippen molar-refractivity contribution < 1.29 is 4.79 Å². The minimum atomic E-state index is 0.0873. The Hall–Kier alpha value is -1.06. The summed E-state index contributed by atoms with van der Waals surface area (Å²) in [6.07, 6.45) is 0.620. The Balaban J connectivity index is 2.13. The molecule has 0 bridgehead atoms. The van der Waals surface area contributed by atoms with Gasteiger partial charge in [-0.25, -0.2) is 0 Å². The van der Waals surface area contributed by atoms with Crippen LogP contribution in [0.15, 0.2) is 24.3 Å². The van der Waals surface area contributed by atoms with Gasteiger partial charge in [0.05, 0.1) is 6.04 Å². The number of benzene rings is 1. The smallest absolute Gasteiger partial charge is 0.223 e. The molecule has 2 unspecified atom stereocenters. The van der Waals surface area contributed by atoms with Crippen molar-refractivity contribution in [2.75, 3.05) is 19.6 Å². The van der Waals surface area contributed by atoms with Crippen LogP contribution in [0, 0.1) is 11.8 Å². The first-order valence-electron chi connectivity index (χ1n) is 7.74. The maximum Gasteiger partial charge on any atom is 0.223 e. The quantitative estimate of drug-likeness (QED) is 0.923. The highest BCUT2D eigenvalue weighted by Gasteiger charge is 2.28. The second-order valence-electron chi connectivity index (χ2n) is 6.29. The molecule has 21 heavy (non-hydrogen) atoms. The molecule has 1 aliphatic heterocycles. The highest BCUT2D eigenvalue weighted by atomic mass is 35.5. The molecule has 1 aromatic rings. The number of hydrogen-bond acceptors (Lipinski definition) is 2. The molecule has 0 aromatic heterocycles. The molecule has 0 radical (unpaired) electrons. The molecule has 0 aliphatic carbocycles. The number of amides is 1. The molecule has 1 amide bonds. The monoisotopic (exact) mass is 308 g/mol. The number of carbonyl (C=O) groups excluding carboxylic acids is 1. The third-order valence-corrected chi connectivity index (χ3v) is 4.67. The highest BCUT2D eigenvalue weighted by Crippen LogP contribution is 2.26. The topological polar surface area (TPSA) is 32.3 Å². The molecule has 1 saturated heterocycles. The highest BCUT2D eigenvalue weighted by molar-refractivity contribution is 6.30. The second-order valence-corrected chi connectivity index (χ2v) is 6.72. The summed E-state index contributed by atoms with van der Waals surface area (Å²) in [5.41, 5.74) is 1.11. The number of nitrogens with zero attached hydrogens (tertiary/aromatic N) is 1. The Labute approximate surface area is 132 Å². The lowest BCUT2D eigenvalue weighted by molar-refractivity contribution is -0.135. The summed E-state index contributed by atoms with van der Waals surface area (Å²) in [5, 5.41) is 4.10. The minimum Gasteiger partial charge on any atom is -0.333 e. The van der Waals surface area contributed by atoms with Crippen molar-refractivity contribution in [3.63, 3.8) is 0 Å². The summed E-state index contributed by atoms with van der Waals surface area (Å²) in [7, 11) is 0. The van der Waals surface area contributed by atoms with Gasteiger partial charge in [-0.05, 0) is 29.5 Å². The van der Waals surface area contributed by atoms with Crippen molar-refractivity contribution in [1.29, 1.82) is 0 Å². The molecule has 0 saturated carbocycles. The van der Waals surface area contributed by atoms with E-state index in [0.717, 1.165) is 30.2 Å². The van der Waals surface area contributed by atoms with Gasteiger partial charge in [0.25, 0.3) is 0 Å². The molecule has 2 atom stereocenters. The van der Waals surface area contributed by atoms with Crippen molar-refractivity contribution in [1.82, 2.24) is 10.2 Å². The Kier molecular flexibility index (Phi) is 5.65. The summed E-state index contributed by atoms with van der Waals surface area (Å²) < 4.78 is 0. The van der Waals surface area contributed by atoms with Gasteiger partial charge in [-0.2, -0.15) is 0 Å². The Morgan fingerprint density at radius 1 is 1.43 bits per heavy atom. The van der Waals surface area contributed by atoms with E-state index in [1.807, 2.05) is 23.1 Å². The average molecular weight is 309 g/mol. The van der Waals surface area contributed by atoms with E-state index in [1.54, 1.807) is 0 Å². The first kappa shape index (κ1) is 16.3. The zero-order valence-corrected chi connectivity index (χ0v) is 13.9. The summed E-state index contributed by atoms with van der Waals surface area (Å²) in [5.74, 6) is 1.19. The first-order valence-corrected chi connectivity index (χ1v) is 8.12. The number of halogens is 1. The van der Waals surface area contributed by atoms with Gasteiger partial charge in [-0.3, -0.25) is 4.79 Å². The minimum absolute atomic E-state index is 0.0873. The molecule has 4 heteroatoms. The first-order chi connectivity index (χ1) is 9.99. The lowest BCUT2D eigenvalue weighted by Crippen LogP contribution is -2.49. The molecular formula is C17H25ClN2O. The van der Waals surface area contributed by atoms with Crippen LogP contribution in [-0.2, 0) is 4.79 Å². The van der Waals surface area contributed by atoms with Gasteiger partial charge in [-0.15, -0.1) is 0 Å². The Morgan fingerprint density at radius 2 is 2.19 bits per heavy atom. The van der Waals surface area contributed by atoms with Crippen LogP contribution >= 0.6 is 11.6 Å². The van der Waals surface area contributed by atoms with E-state index in [-0.39, 0.29) is 11.9 Å². The van der Waals surface area contributed by atoms with Crippen molar-refractivity contribution in [3.05, 3.63) is 34.9 Å². The van der Waals surface area contributed by atoms with E-state index in [9.17, 15) is 4.79 Å². The molecule has 1 N–H and O–H groups in total. The SMILES string of the molecule is CC(C)C(C)CC(=O)N1CCNCC1c1cccc(Cl)c1. The van der Waals surface area contributed by atoms with E-state index in [2.05, 4.69) is 32.2 Å². The van der Waals surface area contributed by atoms with Gasteiger partial charge in [0.2, 0.25) is 5.91 Å². The maximum absolute atomic E-state index is 12.6. The maximum atomic E-state index is 12.6. The molecule has 2 rings (SSSR count). The number of hydrogen-bond donors (Lipinski definition) is 1. The molecule has 1 aromatic carbocycles. The van der Waals surface area contributed by atoms with Crippen LogP contribution < -0.4 is 5.32 Å². The van der Waals surface area contributed by atoms with Crippen molar-refractivity contribution in [2.45, 2.75) is 33.2 Å². The summed E-state index contributed by atoms with van der Waals surface area (Å²) in [6.45, 7) is 8.91. The lowest BCUT2D eigenvalue weighted by atomic mass is 9.93. The number of carbonyl (C=O) groups is 1. The molecule has 1 fully saturated rings. The van der Waals surface area contributed by atoms with Crippen LogP contribution in [0.4, 0.5) is 0 Å². The third kappa shape index (κ3) is 4.21. The van der Waals surface area contributed by atoms with Crippen LogP contribution in [0.25, 0.3) is 0 Å². The predicted octanol–water partition coefficient (Wildman–Crippen LogP) is 3.50. The molecule has 1 heterocycles. The molecular weight excluding hydrogens is 284 g/mol. The van der Waals surface area contributed by atoms with Gasteiger partial charge in [0.1, 0.15) is 0 Å². The van der Waals surface area contributed by atoms with E-state index in [0.29, 0.717) is 18.3 Å². The summed E-state index contributed by atoms with van der Waals surface area (Å²) in [4.78, 5) is 14.7. The number of piperazine rings is 1. The zero-order valence-electron chi connectivity index (χ0n) is 13.1. The van der Waals surface area contributed by atoms with Crippen molar-refractivity contribution in [2.24, 2.45) is 11.8 Å². The fourth-order valence-electron chi connectivity index (χ4n) is 2.64. The number of rotatable bonds is 4. The Bertz CT molecular complexity index is 489. The van der Waals surface area contributed by atoms with E-state index >= 15 is 0 Å².